The van der Waals surface area contributed by atoms with Gasteiger partial charge in [-0.3, -0.25) is 9.69 Å². The fourth-order valence-electron chi connectivity index (χ4n) is 2.78. The van der Waals surface area contributed by atoms with Gasteiger partial charge in [-0.05, 0) is 32.5 Å². The predicted octanol–water partition coefficient (Wildman–Crippen LogP) is 3.03. The molecule has 114 valence electrons. The lowest BCUT2D eigenvalue weighted by Crippen LogP contribution is -2.32. The standard InChI is InChI=1S/C18H20N2O2/c1-13-17(9-10-20(13)2)22-18-8-4-7-16(19-18)15-6-3-5-14(11-15)12-21/h3-8,11-13,17H,9-10H2,1-2H3/t13-,17-/m0/s1. The van der Waals surface area contributed by atoms with E-state index in [0.717, 1.165) is 30.5 Å². The molecule has 1 aliphatic rings. The third-order valence-electron chi connectivity index (χ3n) is 4.31. The molecule has 0 aliphatic carbocycles. The van der Waals surface area contributed by atoms with Gasteiger partial charge in [0.15, 0.2) is 0 Å². The molecule has 2 atom stereocenters. The Morgan fingerprint density at radius 1 is 1.27 bits per heavy atom. The smallest absolute Gasteiger partial charge is 0.214 e. The minimum absolute atomic E-state index is 0.175. The van der Waals surface area contributed by atoms with Crippen molar-refractivity contribution in [3.05, 3.63) is 48.0 Å². The predicted molar refractivity (Wildman–Crippen MR) is 86.2 cm³/mol. The van der Waals surface area contributed by atoms with Crippen molar-refractivity contribution in [1.82, 2.24) is 9.88 Å². The first-order valence-electron chi connectivity index (χ1n) is 7.57. The van der Waals surface area contributed by atoms with E-state index in [1.165, 1.54) is 0 Å². The summed E-state index contributed by atoms with van der Waals surface area (Å²) >= 11 is 0. The van der Waals surface area contributed by atoms with Crippen LogP contribution in [0, 0.1) is 0 Å². The summed E-state index contributed by atoms with van der Waals surface area (Å²) < 4.78 is 6.05. The maximum Gasteiger partial charge on any atom is 0.214 e. The van der Waals surface area contributed by atoms with Crippen LogP contribution in [0.3, 0.4) is 0 Å². The van der Waals surface area contributed by atoms with Crippen LogP contribution in [-0.2, 0) is 0 Å². The number of hydrogen-bond acceptors (Lipinski definition) is 4. The van der Waals surface area contributed by atoms with Gasteiger partial charge < -0.3 is 4.74 Å². The molecular weight excluding hydrogens is 276 g/mol. The number of nitrogens with zero attached hydrogens (tertiary/aromatic N) is 2. The largest absolute Gasteiger partial charge is 0.473 e. The Bertz CT molecular complexity index is 672. The van der Waals surface area contributed by atoms with Gasteiger partial charge in [0.1, 0.15) is 12.4 Å². The van der Waals surface area contributed by atoms with E-state index in [9.17, 15) is 4.79 Å². The summed E-state index contributed by atoms with van der Waals surface area (Å²) in [5.41, 5.74) is 2.39. The number of rotatable bonds is 4. The van der Waals surface area contributed by atoms with Gasteiger partial charge >= 0.3 is 0 Å². The van der Waals surface area contributed by atoms with Crippen molar-refractivity contribution in [3.63, 3.8) is 0 Å². The van der Waals surface area contributed by atoms with Crippen molar-refractivity contribution in [2.75, 3.05) is 13.6 Å². The van der Waals surface area contributed by atoms with E-state index in [4.69, 9.17) is 4.74 Å². The minimum atomic E-state index is 0.175. The molecule has 22 heavy (non-hydrogen) atoms. The first kappa shape index (κ1) is 14.7. The van der Waals surface area contributed by atoms with Gasteiger partial charge in [-0.15, -0.1) is 0 Å². The number of likely N-dealkylation sites (tertiary alicyclic amines) is 1. The van der Waals surface area contributed by atoms with E-state index in [1.807, 2.05) is 36.4 Å². The average Bonchev–Trinajstić information content (AvgIpc) is 2.87. The maximum absolute atomic E-state index is 10.9. The number of carbonyl (C=O) groups excluding carboxylic acids is 1. The van der Waals surface area contributed by atoms with Crippen molar-refractivity contribution in [1.29, 1.82) is 0 Å². The van der Waals surface area contributed by atoms with Gasteiger partial charge in [-0.1, -0.05) is 24.3 Å². The summed E-state index contributed by atoms with van der Waals surface area (Å²) in [5.74, 6) is 0.640. The first-order chi connectivity index (χ1) is 10.7. The zero-order valence-corrected chi connectivity index (χ0v) is 12.9. The lowest BCUT2D eigenvalue weighted by atomic mass is 10.1. The van der Waals surface area contributed by atoms with Crippen molar-refractivity contribution < 1.29 is 9.53 Å². The minimum Gasteiger partial charge on any atom is -0.473 e. The average molecular weight is 296 g/mol. The van der Waals surface area contributed by atoms with Crippen LogP contribution in [0.2, 0.25) is 0 Å². The summed E-state index contributed by atoms with van der Waals surface area (Å²) in [6.07, 6.45) is 2.04. The molecule has 0 N–H and O–H groups in total. The fourth-order valence-corrected chi connectivity index (χ4v) is 2.78. The third-order valence-corrected chi connectivity index (χ3v) is 4.31. The lowest BCUT2D eigenvalue weighted by molar-refractivity contribution is 0.112. The van der Waals surface area contributed by atoms with Gasteiger partial charge in [0.05, 0.1) is 5.69 Å². The molecule has 0 radical (unpaired) electrons. The number of aldehydes is 1. The van der Waals surface area contributed by atoms with Crippen molar-refractivity contribution in [2.45, 2.75) is 25.5 Å². The molecule has 4 nitrogen and oxygen atoms in total. The number of aromatic nitrogens is 1. The van der Waals surface area contributed by atoms with Crippen LogP contribution in [0.15, 0.2) is 42.5 Å². The Morgan fingerprint density at radius 3 is 2.82 bits per heavy atom. The van der Waals surface area contributed by atoms with Crippen molar-refractivity contribution in [2.24, 2.45) is 0 Å². The molecule has 0 bridgehead atoms. The Hall–Kier alpha value is -2.20. The fraction of sp³-hybridized carbons (Fsp3) is 0.333. The van der Waals surface area contributed by atoms with Gasteiger partial charge in [-0.2, -0.15) is 0 Å². The molecule has 1 aromatic carbocycles. The van der Waals surface area contributed by atoms with Gasteiger partial charge in [-0.25, -0.2) is 4.98 Å². The highest BCUT2D eigenvalue weighted by molar-refractivity contribution is 5.78. The van der Waals surface area contributed by atoms with E-state index < -0.39 is 0 Å². The van der Waals surface area contributed by atoms with Crippen LogP contribution in [0.4, 0.5) is 0 Å². The summed E-state index contributed by atoms with van der Waals surface area (Å²) in [4.78, 5) is 17.8. The molecule has 1 fully saturated rings. The second kappa shape index (κ2) is 6.28. The highest BCUT2D eigenvalue weighted by Gasteiger charge is 2.29. The Morgan fingerprint density at radius 2 is 2.09 bits per heavy atom. The summed E-state index contributed by atoms with van der Waals surface area (Å²) in [6, 6.07) is 13.6. The van der Waals surface area contributed by atoms with E-state index in [0.29, 0.717) is 17.5 Å². The van der Waals surface area contributed by atoms with Crippen LogP contribution < -0.4 is 4.74 Å². The van der Waals surface area contributed by atoms with Gasteiger partial charge in [0.2, 0.25) is 5.88 Å². The van der Waals surface area contributed by atoms with Crippen molar-refractivity contribution >= 4 is 6.29 Å². The van der Waals surface area contributed by atoms with Crippen LogP contribution in [-0.4, -0.2) is 41.9 Å². The summed E-state index contributed by atoms with van der Waals surface area (Å²) in [6.45, 7) is 3.22. The van der Waals surface area contributed by atoms with Crippen LogP contribution >= 0.6 is 0 Å². The lowest BCUT2D eigenvalue weighted by Gasteiger charge is -2.21. The molecular formula is C18H20N2O2. The summed E-state index contributed by atoms with van der Waals surface area (Å²) in [7, 11) is 2.11. The number of pyridine rings is 1. The number of hydrogen-bond donors (Lipinski definition) is 0. The topological polar surface area (TPSA) is 42.4 Å². The van der Waals surface area contributed by atoms with E-state index in [-0.39, 0.29) is 6.10 Å². The second-order valence-electron chi connectivity index (χ2n) is 5.77. The molecule has 0 spiro atoms. The van der Waals surface area contributed by atoms with Crippen LogP contribution in [0.25, 0.3) is 11.3 Å². The Kier molecular flexibility index (Phi) is 4.20. The number of carbonyl (C=O) groups is 1. The normalized spacial score (nSPS) is 21.7. The van der Waals surface area contributed by atoms with Gasteiger partial charge in [0.25, 0.3) is 0 Å². The third kappa shape index (κ3) is 3.02. The number of benzene rings is 1. The quantitative estimate of drug-likeness (QED) is 0.813. The van der Waals surface area contributed by atoms with E-state index in [2.05, 4.69) is 23.9 Å². The molecule has 0 saturated carbocycles. The Labute approximate surface area is 130 Å². The highest BCUT2D eigenvalue weighted by Crippen LogP contribution is 2.24. The van der Waals surface area contributed by atoms with Crippen molar-refractivity contribution in [3.8, 4) is 17.1 Å². The molecule has 2 aromatic rings. The summed E-state index contributed by atoms with van der Waals surface area (Å²) in [5, 5.41) is 0. The zero-order valence-electron chi connectivity index (χ0n) is 12.9. The molecule has 0 unspecified atom stereocenters. The molecule has 4 heteroatoms. The van der Waals surface area contributed by atoms with E-state index >= 15 is 0 Å². The molecule has 1 saturated heterocycles. The second-order valence-corrected chi connectivity index (χ2v) is 5.77. The van der Waals surface area contributed by atoms with Gasteiger partial charge in [0, 0.05) is 29.8 Å². The Balaban J connectivity index is 1.82. The zero-order chi connectivity index (χ0) is 15.5. The van der Waals surface area contributed by atoms with Crippen LogP contribution in [0.5, 0.6) is 5.88 Å². The highest BCUT2D eigenvalue weighted by atomic mass is 16.5. The van der Waals surface area contributed by atoms with E-state index in [1.54, 1.807) is 6.07 Å². The molecule has 0 amide bonds. The molecule has 3 rings (SSSR count). The monoisotopic (exact) mass is 296 g/mol. The molecule has 1 aromatic heterocycles. The maximum atomic E-state index is 10.9. The number of ether oxygens (including phenoxy) is 1. The number of likely N-dealkylation sites (N-methyl/N-ethyl adjacent to an activating group) is 1. The molecule has 2 heterocycles. The molecule has 1 aliphatic heterocycles. The first-order valence-corrected chi connectivity index (χ1v) is 7.57. The SMILES string of the molecule is C[C@H]1[C@@H](Oc2cccc(-c3cccc(C=O)c3)n2)CCN1C. The van der Waals surface area contributed by atoms with Crippen LogP contribution in [0.1, 0.15) is 23.7 Å².